The number of hydrogen-bond acceptors (Lipinski definition) is 6. The Kier molecular flexibility index (Phi) is 4.39. The van der Waals surface area contributed by atoms with Crippen molar-refractivity contribution in [3.8, 4) is 11.3 Å². The van der Waals surface area contributed by atoms with Gasteiger partial charge in [0, 0.05) is 32.4 Å². The Morgan fingerprint density at radius 1 is 1.14 bits per heavy atom. The number of nitrogen functional groups attached to an aromatic ring is 1. The maximum absolute atomic E-state index is 6.18. The molecule has 1 unspecified atom stereocenters. The Hall–Kier alpha value is -3.54. The zero-order chi connectivity index (χ0) is 19.8. The van der Waals surface area contributed by atoms with Gasteiger partial charge in [-0.15, -0.1) is 0 Å². The van der Waals surface area contributed by atoms with Crippen molar-refractivity contribution in [3.63, 3.8) is 0 Å². The molecule has 1 aromatic heterocycles. The van der Waals surface area contributed by atoms with Crippen LogP contribution in [-0.4, -0.2) is 36.0 Å². The molecule has 0 bridgehead atoms. The fourth-order valence-electron chi connectivity index (χ4n) is 3.38. The van der Waals surface area contributed by atoms with Crippen LogP contribution in [0.4, 0.5) is 17.2 Å². The molecule has 2 aromatic carbocycles. The van der Waals surface area contributed by atoms with Gasteiger partial charge in [-0.3, -0.25) is 0 Å². The summed E-state index contributed by atoms with van der Waals surface area (Å²) >= 11 is 0. The molecule has 0 radical (unpaired) electrons. The van der Waals surface area contributed by atoms with Crippen molar-refractivity contribution in [2.75, 3.05) is 37.1 Å². The maximum atomic E-state index is 6.18. The molecule has 6 nitrogen and oxygen atoms in total. The number of para-hydroxylation sites is 2. The second kappa shape index (κ2) is 6.88. The molecule has 6 heteroatoms. The smallest absolute Gasteiger partial charge is 0.149 e. The molecule has 28 heavy (non-hydrogen) atoms. The van der Waals surface area contributed by atoms with Crippen LogP contribution in [0.2, 0.25) is 0 Å². The average Bonchev–Trinajstić information content (AvgIpc) is 3.04. The van der Waals surface area contributed by atoms with Crippen LogP contribution in [0.3, 0.4) is 0 Å². The largest absolute Gasteiger partial charge is 0.382 e. The Balaban J connectivity index is 1.66. The molecule has 0 spiro atoms. The summed E-state index contributed by atoms with van der Waals surface area (Å²) in [5.41, 5.74) is 12.9. The van der Waals surface area contributed by atoms with Crippen molar-refractivity contribution >= 4 is 22.9 Å². The molecular formula is C22H24N6. The van der Waals surface area contributed by atoms with Gasteiger partial charge in [-0.05, 0) is 17.7 Å². The summed E-state index contributed by atoms with van der Waals surface area (Å²) in [5.74, 6) is 0.429. The van der Waals surface area contributed by atoms with Gasteiger partial charge in [-0.1, -0.05) is 43.0 Å². The fourth-order valence-corrected chi connectivity index (χ4v) is 3.38. The van der Waals surface area contributed by atoms with E-state index in [2.05, 4.69) is 33.9 Å². The molecular weight excluding hydrogens is 348 g/mol. The highest BCUT2D eigenvalue weighted by molar-refractivity contribution is 5.77. The molecule has 2 heterocycles. The third kappa shape index (κ3) is 3.03. The van der Waals surface area contributed by atoms with Crippen molar-refractivity contribution in [1.29, 1.82) is 0 Å². The quantitative estimate of drug-likeness (QED) is 0.726. The highest BCUT2D eigenvalue weighted by Crippen LogP contribution is 2.40. The van der Waals surface area contributed by atoms with E-state index in [4.69, 9.17) is 10.7 Å². The van der Waals surface area contributed by atoms with E-state index in [9.17, 15) is 0 Å². The van der Waals surface area contributed by atoms with Crippen LogP contribution in [0.15, 0.2) is 61.3 Å². The summed E-state index contributed by atoms with van der Waals surface area (Å²) in [6, 6.07) is 16.3. The minimum absolute atomic E-state index is 0.155. The third-order valence-electron chi connectivity index (χ3n) is 5.11. The van der Waals surface area contributed by atoms with Gasteiger partial charge in [0.2, 0.25) is 0 Å². The van der Waals surface area contributed by atoms with Crippen LogP contribution >= 0.6 is 0 Å². The number of anilines is 3. The molecule has 3 aromatic rings. The van der Waals surface area contributed by atoms with E-state index in [0.29, 0.717) is 5.82 Å². The highest BCUT2D eigenvalue weighted by atomic mass is 15.3. The van der Waals surface area contributed by atoms with E-state index in [1.807, 2.05) is 62.4 Å². The molecule has 0 amide bonds. The number of nitrogens with zero attached hydrogens (tertiary/aromatic N) is 4. The van der Waals surface area contributed by atoms with Crippen molar-refractivity contribution in [3.05, 3.63) is 72.6 Å². The lowest BCUT2D eigenvalue weighted by molar-refractivity contribution is 0.593. The summed E-state index contributed by atoms with van der Waals surface area (Å²) in [5, 5.41) is 3.48. The Labute approximate surface area is 165 Å². The van der Waals surface area contributed by atoms with Gasteiger partial charge in [0.25, 0.3) is 0 Å². The normalized spacial score (nSPS) is 15.1. The molecule has 1 aliphatic rings. The lowest BCUT2D eigenvalue weighted by Gasteiger charge is -2.22. The number of hydrogen-bond donors (Lipinski definition) is 2. The Morgan fingerprint density at radius 2 is 1.86 bits per heavy atom. The van der Waals surface area contributed by atoms with Crippen LogP contribution in [-0.2, 0) is 0 Å². The van der Waals surface area contributed by atoms with Crippen LogP contribution in [0.5, 0.6) is 0 Å². The number of benzene rings is 2. The fraction of sp³-hybridized carbons (Fsp3) is 0.182. The van der Waals surface area contributed by atoms with E-state index in [1.165, 1.54) is 0 Å². The van der Waals surface area contributed by atoms with E-state index in [-0.39, 0.29) is 6.17 Å². The topological polar surface area (TPSA) is 70.3 Å². The van der Waals surface area contributed by atoms with E-state index < -0.39 is 0 Å². The van der Waals surface area contributed by atoms with Crippen LogP contribution in [0, 0.1) is 0 Å². The number of rotatable bonds is 4. The van der Waals surface area contributed by atoms with Crippen LogP contribution in [0.25, 0.3) is 17.0 Å². The predicted molar refractivity (Wildman–Crippen MR) is 116 cm³/mol. The minimum Gasteiger partial charge on any atom is -0.382 e. The monoisotopic (exact) mass is 372 g/mol. The zero-order valence-electron chi connectivity index (χ0n) is 16.3. The minimum atomic E-state index is -0.155. The van der Waals surface area contributed by atoms with Gasteiger partial charge in [-0.2, -0.15) is 0 Å². The van der Waals surface area contributed by atoms with Crippen LogP contribution in [0.1, 0.15) is 17.4 Å². The summed E-state index contributed by atoms with van der Waals surface area (Å²) in [6.45, 7) is 4.10. The van der Waals surface area contributed by atoms with Gasteiger partial charge < -0.3 is 20.9 Å². The first-order chi connectivity index (χ1) is 13.5. The Bertz CT molecular complexity index is 1030. The summed E-state index contributed by atoms with van der Waals surface area (Å²) in [4.78, 5) is 13.4. The lowest BCUT2D eigenvalue weighted by Crippen LogP contribution is -2.26. The number of nitrogens with one attached hydrogen (secondary N) is 1. The van der Waals surface area contributed by atoms with Crippen molar-refractivity contribution in [1.82, 2.24) is 14.9 Å². The van der Waals surface area contributed by atoms with Crippen molar-refractivity contribution < 1.29 is 0 Å². The maximum Gasteiger partial charge on any atom is 0.149 e. The molecule has 142 valence electrons. The first-order valence-electron chi connectivity index (χ1n) is 9.13. The summed E-state index contributed by atoms with van der Waals surface area (Å²) in [6.07, 6.45) is 1.56. The first-order valence-corrected chi connectivity index (χ1v) is 9.13. The van der Waals surface area contributed by atoms with Gasteiger partial charge in [0.15, 0.2) is 0 Å². The van der Waals surface area contributed by atoms with Gasteiger partial charge in [-0.25, -0.2) is 9.97 Å². The summed E-state index contributed by atoms with van der Waals surface area (Å²) in [7, 11) is 5.99. The standard InChI is InChI=1S/C22H24N6/c1-14(27(2)3)15-9-11-16(12-10-15)18-13-24-21(23)20(25-18)22-26-17-7-5-6-8-19(17)28(22)4/h5-13,22,26H,1H2,2-4H3,(H2,23,24). The van der Waals surface area contributed by atoms with Crippen molar-refractivity contribution in [2.24, 2.45) is 0 Å². The Morgan fingerprint density at radius 3 is 2.54 bits per heavy atom. The van der Waals surface area contributed by atoms with Gasteiger partial charge in [0.1, 0.15) is 17.7 Å². The predicted octanol–water partition coefficient (Wildman–Crippen LogP) is 3.82. The lowest BCUT2D eigenvalue weighted by atomic mass is 10.1. The van der Waals surface area contributed by atoms with Gasteiger partial charge >= 0.3 is 0 Å². The average molecular weight is 372 g/mol. The number of nitrogens with two attached hydrogens (primary N) is 1. The van der Waals surface area contributed by atoms with Gasteiger partial charge in [0.05, 0.1) is 23.3 Å². The molecule has 4 rings (SSSR count). The molecule has 1 atom stereocenters. The van der Waals surface area contributed by atoms with Crippen molar-refractivity contribution in [2.45, 2.75) is 6.17 Å². The number of fused-ring (bicyclic) bond motifs is 1. The highest BCUT2D eigenvalue weighted by Gasteiger charge is 2.30. The molecule has 0 saturated heterocycles. The van der Waals surface area contributed by atoms with E-state index in [1.54, 1.807) is 6.20 Å². The molecule has 0 fully saturated rings. The third-order valence-corrected chi connectivity index (χ3v) is 5.11. The van der Waals surface area contributed by atoms with E-state index in [0.717, 1.165) is 39.6 Å². The second-order valence-electron chi connectivity index (χ2n) is 7.12. The molecule has 3 N–H and O–H groups in total. The molecule has 0 saturated carbocycles. The first kappa shape index (κ1) is 17.9. The molecule has 0 aliphatic carbocycles. The summed E-state index contributed by atoms with van der Waals surface area (Å²) < 4.78 is 0. The SMILES string of the molecule is C=C(c1ccc(-c2cnc(N)c(C3Nc4ccccc4N3C)n2)cc1)N(C)C. The van der Waals surface area contributed by atoms with Crippen LogP contribution < -0.4 is 16.0 Å². The zero-order valence-corrected chi connectivity index (χ0v) is 16.3. The van der Waals surface area contributed by atoms with E-state index >= 15 is 0 Å². The second-order valence-corrected chi connectivity index (χ2v) is 7.12. The molecule has 1 aliphatic heterocycles. The number of aromatic nitrogens is 2.